The second-order valence-electron chi connectivity index (χ2n) is 8.34. The first-order chi connectivity index (χ1) is 15.0. The lowest BCUT2D eigenvalue weighted by Gasteiger charge is -2.34. The van der Waals surface area contributed by atoms with Gasteiger partial charge in [0.2, 0.25) is 0 Å². The van der Waals surface area contributed by atoms with Gasteiger partial charge in [0.25, 0.3) is 10.0 Å². The summed E-state index contributed by atoms with van der Waals surface area (Å²) in [5.41, 5.74) is -1.53. The van der Waals surface area contributed by atoms with E-state index in [1.54, 1.807) is 57.2 Å². The molecule has 7 nitrogen and oxygen atoms in total. The van der Waals surface area contributed by atoms with Crippen LogP contribution in [-0.2, 0) is 34.5 Å². The van der Waals surface area contributed by atoms with E-state index < -0.39 is 32.8 Å². The molecule has 1 unspecified atom stereocenters. The van der Waals surface area contributed by atoms with Gasteiger partial charge < -0.3 is 9.47 Å². The Kier molecular flexibility index (Phi) is 6.72. The van der Waals surface area contributed by atoms with Crippen molar-refractivity contribution in [1.82, 2.24) is 0 Å². The number of benzene rings is 2. The summed E-state index contributed by atoms with van der Waals surface area (Å²) in [4.78, 5) is 25.9. The highest BCUT2D eigenvalue weighted by atomic mass is 79.9. The number of fused-ring (bicyclic) bond motifs is 1. The van der Waals surface area contributed by atoms with Crippen molar-refractivity contribution < 1.29 is 27.5 Å². The molecule has 0 amide bonds. The SMILES string of the molecule is CCOC(=O)C1(CC(C)(C)C(=O)OC)CN(S(=O)(=O)c2ccc(Br)cc2)c2ccccc21. The first kappa shape index (κ1) is 24.3. The molecule has 1 aliphatic rings. The minimum Gasteiger partial charge on any atom is -0.469 e. The molecule has 32 heavy (non-hydrogen) atoms. The standard InChI is InChI=1S/C23H26BrNO6S/c1-5-31-21(27)23(14-22(2,3)20(26)30-4)15-25(19-9-7-6-8-18(19)23)32(28,29)17-12-10-16(24)11-13-17/h6-13H,5,14-15H2,1-4H3. The van der Waals surface area contributed by atoms with E-state index in [1.165, 1.54) is 23.5 Å². The second-order valence-corrected chi connectivity index (χ2v) is 11.1. The van der Waals surface area contributed by atoms with Crippen LogP contribution < -0.4 is 4.31 Å². The zero-order valence-corrected chi connectivity index (χ0v) is 20.8. The Balaban J connectivity index is 2.19. The lowest BCUT2D eigenvalue weighted by molar-refractivity contribution is -0.156. The van der Waals surface area contributed by atoms with Crippen LogP contribution in [0.2, 0.25) is 0 Å². The molecule has 0 fully saturated rings. The summed E-state index contributed by atoms with van der Waals surface area (Å²) in [6, 6.07) is 13.1. The van der Waals surface area contributed by atoms with E-state index in [0.29, 0.717) is 11.3 Å². The number of esters is 2. The van der Waals surface area contributed by atoms with E-state index in [9.17, 15) is 18.0 Å². The van der Waals surface area contributed by atoms with Gasteiger partial charge >= 0.3 is 11.9 Å². The summed E-state index contributed by atoms with van der Waals surface area (Å²) >= 11 is 3.32. The van der Waals surface area contributed by atoms with Gasteiger partial charge in [-0.25, -0.2) is 8.42 Å². The minimum atomic E-state index is -3.98. The molecule has 172 valence electrons. The molecular formula is C23H26BrNO6S. The molecule has 0 saturated carbocycles. The van der Waals surface area contributed by atoms with Crippen LogP contribution in [0.4, 0.5) is 5.69 Å². The van der Waals surface area contributed by atoms with Crippen LogP contribution in [0.3, 0.4) is 0 Å². The third-order valence-electron chi connectivity index (χ3n) is 5.65. The maximum atomic E-state index is 13.6. The molecule has 0 radical (unpaired) electrons. The first-order valence-corrected chi connectivity index (χ1v) is 12.4. The normalized spacial score (nSPS) is 18.2. The van der Waals surface area contributed by atoms with Crippen molar-refractivity contribution in [2.45, 2.75) is 37.5 Å². The summed E-state index contributed by atoms with van der Waals surface area (Å²) in [5, 5.41) is 0. The molecule has 2 aromatic rings. The Hall–Kier alpha value is -2.39. The van der Waals surface area contributed by atoms with E-state index in [1.807, 2.05) is 0 Å². The predicted molar refractivity (Wildman–Crippen MR) is 124 cm³/mol. The quantitative estimate of drug-likeness (QED) is 0.508. The van der Waals surface area contributed by atoms with E-state index >= 15 is 0 Å². The number of carbonyl (C=O) groups is 2. The number of halogens is 1. The molecule has 0 saturated heterocycles. The fraction of sp³-hybridized carbons (Fsp3) is 0.391. The fourth-order valence-corrected chi connectivity index (χ4v) is 6.04. The number of carbonyl (C=O) groups excluding carboxylic acids is 2. The first-order valence-electron chi connectivity index (χ1n) is 10.1. The monoisotopic (exact) mass is 523 g/mol. The Morgan fingerprint density at radius 2 is 1.75 bits per heavy atom. The molecule has 1 aliphatic heterocycles. The molecule has 2 aromatic carbocycles. The van der Waals surface area contributed by atoms with Gasteiger partial charge in [-0.3, -0.25) is 13.9 Å². The molecule has 9 heteroatoms. The van der Waals surface area contributed by atoms with E-state index in [0.717, 1.165) is 4.47 Å². The highest BCUT2D eigenvalue weighted by Gasteiger charge is 2.56. The van der Waals surface area contributed by atoms with Crippen molar-refractivity contribution in [3.05, 3.63) is 58.6 Å². The Morgan fingerprint density at radius 3 is 2.34 bits per heavy atom. The zero-order valence-electron chi connectivity index (χ0n) is 18.4. The molecule has 3 rings (SSSR count). The van der Waals surface area contributed by atoms with Gasteiger partial charge in [-0.1, -0.05) is 34.1 Å². The second kappa shape index (κ2) is 8.86. The molecule has 0 spiro atoms. The number of sulfonamides is 1. The van der Waals surface area contributed by atoms with Crippen molar-refractivity contribution in [3.63, 3.8) is 0 Å². The van der Waals surface area contributed by atoms with Crippen molar-refractivity contribution in [1.29, 1.82) is 0 Å². The van der Waals surface area contributed by atoms with Crippen molar-refractivity contribution in [2.24, 2.45) is 5.41 Å². The van der Waals surface area contributed by atoms with Gasteiger partial charge in [0.05, 0.1) is 36.3 Å². The van der Waals surface area contributed by atoms with Gasteiger partial charge in [0.15, 0.2) is 0 Å². The van der Waals surface area contributed by atoms with Gasteiger partial charge in [-0.15, -0.1) is 0 Å². The molecule has 1 heterocycles. The minimum absolute atomic E-state index is 0.0227. The number of hydrogen-bond acceptors (Lipinski definition) is 6. The van der Waals surface area contributed by atoms with Crippen molar-refractivity contribution in [2.75, 3.05) is 24.6 Å². The average Bonchev–Trinajstić information content (AvgIpc) is 3.09. The maximum Gasteiger partial charge on any atom is 0.318 e. The molecule has 0 aromatic heterocycles. The van der Waals surface area contributed by atoms with Crippen LogP contribution in [0.15, 0.2) is 57.9 Å². The van der Waals surface area contributed by atoms with Gasteiger partial charge in [0.1, 0.15) is 5.41 Å². The number of hydrogen-bond donors (Lipinski definition) is 0. The van der Waals surface area contributed by atoms with Crippen LogP contribution in [0.1, 0.15) is 32.8 Å². The zero-order chi connectivity index (χ0) is 23.7. The van der Waals surface area contributed by atoms with Gasteiger partial charge in [-0.05, 0) is 63.1 Å². The lowest BCUT2D eigenvalue weighted by Crippen LogP contribution is -2.48. The number of nitrogens with zero attached hydrogens (tertiary/aromatic N) is 1. The van der Waals surface area contributed by atoms with Crippen LogP contribution in [0.5, 0.6) is 0 Å². The van der Waals surface area contributed by atoms with Crippen molar-refractivity contribution in [3.8, 4) is 0 Å². The third-order valence-corrected chi connectivity index (χ3v) is 7.95. The van der Waals surface area contributed by atoms with E-state index in [2.05, 4.69) is 15.9 Å². The molecule has 1 atom stereocenters. The fourth-order valence-electron chi connectivity index (χ4n) is 4.23. The highest BCUT2D eigenvalue weighted by molar-refractivity contribution is 9.10. The average molecular weight is 524 g/mol. The number of anilines is 1. The molecule has 0 N–H and O–H groups in total. The van der Waals surface area contributed by atoms with E-state index in [4.69, 9.17) is 9.47 Å². The lowest BCUT2D eigenvalue weighted by atomic mass is 9.70. The maximum absolute atomic E-state index is 13.6. The molecular weight excluding hydrogens is 498 g/mol. The van der Waals surface area contributed by atoms with Crippen LogP contribution >= 0.6 is 15.9 Å². The van der Waals surface area contributed by atoms with Gasteiger partial charge in [-0.2, -0.15) is 0 Å². The third kappa shape index (κ3) is 4.15. The topological polar surface area (TPSA) is 90.0 Å². The summed E-state index contributed by atoms with van der Waals surface area (Å²) in [5.74, 6) is -1.06. The largest absolute Gasteiger partial charge is 0.469 e. The number of para-hydroxylation sites is 1. The predicted octanol–water partition coefficient (Wildman–Crippen LogP) is 4.05. The Bertz CT molecular complexity index is 1130. The van der Waals surface area contributed by atoms with Gasteiger partial charge in [0, 0.05) is 4.47 Å². The number of ether oxygens (including phenoxy) is 2. The smallest absolute Gasteiger partial charge is 0.318 e. The van der Waals surface area contributed by atoms with Crippen LogP contribution in [0.25, 0.3) is 0 Å². The summed E-state index contributed by atoms with van der Waals surface area (Å²) in [7, 11) is -2.70. The Morgan fingerprint density at radius 1 is 1.12 bits per heavy atom. The highest BCUT2D eigenvalue weighted by Crippen LogP contribution is 2.49. The number of methoxy groups -OCH3 is 1. The van der Waals surface area contributed by atoms with Crippen LogP contribution in [-0.4, -0.2) is 40.6 Å². The summed E-state index contributed by atoms with van der Waals surface area (Å²) in [6.45, 7) is 4.99. The number of rotatable bonds is 7. The van der Waals surface area contributed by atoms with Crippen molar-refractivity contribution >= 4 is 43.6 Å². The van der Waals surface area contributed by atoms with E-state index in [-0.39, 0.29) is 24.5 Å². The molecule has 0 bridgehead atoms. The van der Waals surface area contributed by atoms with Crippen LogP contribution in [0, 0.1) is 5.41 Å². The Labute approximate surface area is 196 Å². The summed E-state index contributed by atoms with van der Waals surface area (Å²) in [6.07, 6.45) is 0.0227. The molecule has 0 aliphatic carbocycles. The summed E-state index contributed by atoms with van der Waals surface area (Å²) < 4.78 is 39.5.